The van der Waals surface area contributed by atoms with Gasteiger partial charge in [0.15, 0.2) is 6.86 Å². The van der Waals surface area contributed by atoms with Gasteiger partial charge in [0.05, 0.1) is 0 Å². The Hall–Kier alpha value is -0.940. The molecule has 140 valence electrons. The summed E-state index contributed by atoms with van der Waals surface area (Å²) in [5.41, 5.74) is 0. The number of rotatable bonds is 7. The molecule has 0 aliphatic carbocycles. The molecule has 23 heavy (non-hydrogen) atoms. The lowest BCUT2D eigenvalue weighted by Crippen LogP contribution is -2.64. The van der Waals surface area contributed by atoms with Crippen molar-refractivity contribution in [3.63, 3.8) is 0 Å². The van der Waals surface area contributed by atoms with Crippen LogP contribution in [0, 0.1) is 0 Å². The Labute approximate surface area is 118 Å². The predicted octanol–water partition coefficient (Wildman–Crippen LogP) is 2.84. The van der Waals surface area contributed by atoms with Gasteiger partial charge in [-0.3, -0.25) is 14.0 Å². The summed E-state index contributed by atoms with van der Waals surface area (Å²) in [5.74, 6) is -7.11. The zero-order chi connectivity index (χ0) is 19.1. The van der Waals surface area contributed by atoms with Crippen LogP contribution in [0.4, 0.5) is 48.3 Å². The molecule has 0 aliphatic heterocycles. The quantitative estimate of drug-likeness (QED) is 0.530. The average Bonchev–Trinajstić information content (AvgIpc) is 2.24. The molecule has 0 radical (unpaired) electrons. The van der Waals surface area contributed by atoms with Gasteiger partial charge in [-0.05, 0) is 0 Å². The molecule has 1 unspecified atom stereocenters. The number of halogens is 11. The van der Waals surface area contributed by atoms with Crippen LogP contribution in [0.1, 0.15) is 0 Å². The molecule has 1 N–H and O–H groups in total. The van der Waals surface area contributed by atoms with Crippen molar-refractivity contribution >= 4 is 10.1 Å². The first-order valence-corrected chi connectivity index (χ1v) is 5.97. The molecule has 0 amide bonds. The van der Waals surface area contributed by atoms with Crippen LogP contribution in [0.5, 0.6) is 0 Å². The van der Waals surface area contributed by atoms with Crippen LogP contribution in [0.3, 0.4) is 0 Å². The molecule has 0 heterocycles. The smallest absolute Gasteiger partial charge is 0.284 e. The summed E-state index contributed by atoms with van der Waals surface area (Å²) in [4.78, 5) is 0. The highest BCUT2D eigenvalue weighted by Gasteiger charge is 2.81. The predicted molar refractivity (Wildman–Crippen MR) is 44.4 cm³/mol. The molecule has 0 aromatic rings. The summed E-state index contributed by atoms with van der Waals surface area (Å²) >= 11 is 0. The maximum absolute atomic E-state index is 13.2. The van der Waals surface area contributed by atoms with Gasteiger partial charge in [-0.25, -0.2) is 4.39 Å². The standard InChI is InChI=1S/C6H3F11O5S/c7-1-21-4(12,13)2(8,3(9,10)11)22-5(14,15)6(16,17)23(18,19)20/h1H2,(H,18,19,20). The van der Waals surface area contributed by atoms with Crippen molar-refractivity contribution < 1.29 is 70.7 Å². The van der Waals surface area contributed by atoms with Gasteiger partial charge >= 0.3 is 39.6 Å². The molecular weight excluding hydrogens is 393 g/mol. The van der Waals surface area contributed by atoms with E-state index in [0.717, 1.165) is 0 Å². The van der Waals surface area contributed by atoms with E-state index in [1.165, 1.54) is 0 Å². The summed E-state index contributed by atoms with van der Waals surface area (Å²) < 4.78 is 169. The highest BCUT2D eigenvalue weighted by Crippen LogP contribution is 2.52. The van der Waals surface area contributed by atoms with Gasteiger partial charge < -0.3 is 0 Å². The second-order valence-electron chi connectivity index (χ2n) is 3.47. The van der Waals surface area contributed by atoms with Gasteiger partial charge in [-0.15, -0.1) is 0 Å². The minimum Gasteiger partial charge on any atom is -0.284 e. The van der Waals surface area contributed by atoms with E-state index in [9.17, 15) is 56.7 Å². The van der Waals surface area contributed by atoms with Crippen LogP contribution in [0.15, 0.2) is 0 Å². The molecule has 0 saturated carbocycles. The lowest BCUT2D eigenvalue weighted by atomic mass is 10.2. The highest BCUT2D eigenvalue weighted by molar-refractivity contribution is 7.86. The van der Waals surface area contributed by atoms with Crippen LogP contribution in [0.2, 0.25) is 0 Å². The molecule has 0 saturated heterocycles. The van der Waals surface area contributed by atoms with Gasteiger partial charge in [-0.1, -0.05) is 0 Å². The summed E-state index contributed by atoms with van der Waals surface area (Å²) in [6.07, 6.45) is -21.0. The maximum atomic E-state index is 13.2. The Morgan fingerprint density at radius 2 is 1.22 bits per heavy atom. The van der Waals surface area contributed by atoms with Gasteiger partial charge in [0.25, 0.3) is 0 Å². The Bertz CT molecular complexity index is 528. The Morgan fingerprint density at radius 3 is 1.48 bits per heavy atom. The van der Waals surface area contributed by atoms with E-state index in [2.05, 4.69) is 4.74 Å². The summed E-state index contributed by atoms with van der Waals surface area (Å²) in [6.45, 7) is -2.90. The molecule has 1 atom stereocenters. The molecule has 0 rings (SSSR count). The topological polar surface area (TPSA) is 72.8 Å². The van der Waals surface area contributed by atoms with E-state index in [4.69, 9.17) is 4.55 Å². The lowest BCUT2D eigenvalue weighted by molar-refractivity contribution is -0.515. The summed E-state index contributed by atoms with van der Waals surface area (Å²) in [5, 5.41) is -6.98. The number of ether oxygens (including phenoxy) is 2. The second kappa shape index (κ2) is 5.85. The van der Waals surface area contributed by atoms with Crippen LogP contribution in [-0.2, 0) is 19.6 Å². The Morgan fingerprint density at radius 1 is 0.826 bits per heavy atom. The maximum Gasteiger partial charge on any atom is 0.460 e. The molecule has 5 nitrogen and oxygen atoms in total. The van der Waals surface area contributed by atoms with Crippen molar-refractivity contribution in [3.05, 3.63) is 0 Å². The van der Waals surface area contributed by atoms with Gasteiger partial charge in [0.1, 0.15) is 0 Å². The van der Waals surface area contributed by atoms with Crippen molar-refractivity contribution in [1.29, 1.82) is 0 Å². The van der Waals surface area contributed by atoms with Crippen LogP contribution < -0.4 is 0 Å². The second-order valence-corrected chi connectivity index (χ2v) is 4.94. The normalized spacial score (nSPS) is 17.9. The monoisotopic (exact) mass is 396 g/mol. The van der Waals surface area contributed by atoms with Crippen molar-refractivity contribution in [2.24, 2.45) is 0 Å². The fraction of sp³-hybridized carbons (Fsp3) is 1.00. The number of hydrogen-bond donors (Lipinski definition) is 1. The van der Waals surface area contributed by atoms with E-state index >= 15 is 0 Å². The highest BCUT2D eigenvalue weighted by atomic mass is 32.2. The average molecular weight is 396 g/mol. The molecule has 0 aromatic heterocycles. The van der Waals surface area contributed by atoms with Crippen molar-refractivity contribution in [2.45, 2.75) is 29.5 Å². The first-order valence-electron chi connectivity index (χ1n) is 4.53. The molecule has 0 spiro atoms. The molecule has 0 fully saturated rings. The van der Waals surface area contributed by atoms with Crippen molar-refractivity contribution in [3.8, 4) is 0 Å². The molecular formula is C6H3F11O5S. The molecule has 17 heteroatoms. The number of hydrogen-bond acceptors (Lipinski definition) is 4. The van der Waals surface area contributed by atoms with E-state index < -0.39 is 46.5 Å². The van der Waals surface area contributed by atoms with Gasteiger partial charge in [-0.2, -0.15) is 52.3 Å². The van der Waals surface area contributed by atoms with Crippen LogP contribution in [-0.4, -0.2) is 49.3 Å². The van der Waals surface area contributed by atoms with E-state index in [1.54, 1.807) is 4.74 Å². The minimum atomic E-state index is -7.24. The van der Waals surface area contributed by atoms with Crippen molar-refractivity contribution in [1.82, 2.24) is 0 Å². The van der Waals surface area contributed by atoms with Gasteiger partial charge in [0.2, 0.25) is 0 Å². The SMILES string of the molecule is O=S(=O)(O)C(F)(F)C(F)(F)OC(F)(C(F)(F)F)C(F)(F)OCF. The Kier molecular flexibility index (Phi) is 5.61. The van der Waals surface area contributed by atoms with Crippen LogP contribution in [0.25, 0.3) is 0 Å². The summed E-state index contributed by atoms with van der Waals surface area (Å²) in [7, 11) is -7.24. The van der Waals surface area contributed by atoms with Crippen molar-refractivity contribution in [2.75, 3.05) is 6.86 Å². The number of alkyl halides is 11. The first kappa shape index (κ1) is 22.1. The summed E-state index contributed by atoms with van der Waals surface area (Å²) in [6, 6.07) is 0. The Balaban J connectivity index is 6.13. The third kappa shape index (κ3) is 3.77. The van der Waals surface area contributed by atoms with E-state index in [1.807, 2.05) is 0 Å². The fourth-order valence-corrected chi connectivity index (χ4v) is 1.17. The first-order chi connectivity index (χ1) is 9.77. The lowest BCUT2D eigenvalue weighted by Gasteiger charge is -2.36. The zero-order valence-electron chi connectivity index (χ0n) is 9.85. The van der Waals surface area contributed by atoms with Crippen LogP contribution >= 0.6 is 0 Å². The zero-order valence-corrected chi connectivity index (χ0v) is 10.7. The third-order valence-corrected chi connectivity index (χ3v) is 2.79. The molecule has 0 bridgehead atoms. The molecule has 0 aliphatic rings. The van der Waals surface area contributed by atoms with Gasteiger partial charge in [0, 0.05) is 0 Å². The minimum absolute atomic E-state index is 1.64. The third-order valence-electron chi connectivity index (χ3n) is 1.91. The fourth-order valence-electron chi connectivity index (χ4n) is 0.830. The molecule has 0 aromatic carbocycles. The van der Waals surface area contributed by atoms with E-state index in [-0.39, 0.29) is 0 Å². The van der Waals surface area contributed by atoms with E-state index in [0.29, 0.717) is 0 Å². The largest absolute Gasteiger partial charge is 0.460 e.